The van der Waals surface area contributed by atoms with Gasteiger partial charge in [0, 0.05) is 11.8 Å². The fraction of sp³-hybridized carbons (Fsp3) is 0.458. The van der Waals surface area contributed by atoms with E-state index in [9.17, 15) is 4.79 Å². The summed E-state index contributed by atoms with van der Waals surface area (Å²) in [6, 6.07) is 14.2. The number of benzene rings is 2. The van der Waals surface area contributed by atoms with Crippen molar-refractivity contribution in [3.8, 4) is 11.5 Å². The highest BCUT2D eigenvalue weighted by Crippen LogP contribution is 2.59. The van der Waals surface area contributed by atoms with E-state index in [-0.39, 0.29) is 5.41 Å². The third-order valence-corrected chi connectivity index (χ3v) is 7.55. The van der Waals surface area contributed by atoms with Crippen LogP contribution in [0.1, 0.15) is 56.1 Å². The summed E-state index contributed by atoms with van der Waals surface area (Å²) in [5, 5.41) is 0. The maximum atomic E-state index is 12.5. The average Bonchev–Trinajstić information content (AvgIpc) is 2.98. The van der Waals surface area contributed by atoms with Crippen molar-refractivity contribution in [3.05, 3.63) is 53.6 Å². The molecule has 3 heteroatoms. The van der Waals surface area contributed by atoms with Crippen molar-refractivity contribution in [3.63, 3.8) is 0 Å². The monoisotopic (exact) mass is 361 g/mol. The lowest BCUT2D eigenvalue weighted by Gasteiger charge is -2.48. The molecular formula is C24H27NO2. The third-order valence-electron chi connectivity index (χ3n) is 7.55. The van der Waals surface area contributed by atoms with E-state index in [1.54, 1.807) is 0 Å². The van der Waals surface area contributed by atoms with Gasteiger partial charge in [-0.15, -0.1) is 0 Å². The standard InChI is InChI=1S/C24H27NO2/c1-24-13-12-18-17-9-7-16(27-22-5-3-2-4-21(22)25)14-15(17)6-8-19(18)20(24)10-11-23(24)26/h2-5,7,9,14,18-20H,6,8,10-13,25H2,1H3/t18-,19-,20+,24+/m1/s1. The van der Waals surface area contributed by atoms with Crippen molar-refractivity contribution in [2.45, 2.75) is 51.4 Å². The Morgan fingerprint density at radius 3 is 2.78 bits per heavy atom. The average molecular weight is 361 g/mol. The first kappa shape index (κ1) is 16.9. The van der Waals surface area contributed by atoms with Crippen LogP contribution in [0.5, 0.6) is 11.5 Å². The smallest absolute Gasteiger partial charge is 0.150 e. The number of hydrogen-bond acceptors (Lipinski definition) is 3. The Morgan fingerprint density at radius 2 is 1.93 bits per heavy atom. The second-order valence-electron chi connectivity index (χ2n) is 8.83. The fourth-order valence-electron chi connectivity index (χ4n) is 6.09. The molecule has 0 aromatic heterocycles. The van der Waals surface area contributed by atoms with Gasteiger partial charge in [0.1, 0.15) is 17.3 Å². The van der Waals surface area contributed by atoms with Crippen LogP contribution in [0.2, 0.25) is 0 Å². The van der Waals surface area contributed by atoms with Gasteiger partial charge in [0.15, 0.2) is 0 Å². The number of carbonyl (C=O) groups excluding carboxylic acids is 1. The van der Waals surface area contributed by atoms with Crippen molar-refractivity contribution in [2.75, 3.05) is 5.73 Å². The SMILES string of the molecule is C[C@]12CC[C@@H]3c4ccc(Oc5ccccc5N)cc4CC[C@H]3[C@@H]1CCC2=O. The van der Waals surface area contributed by atoms with Crippen LogP contribution < -0.4 is 10.5 Å². The first-order chi connectivity index (χ1) is 13.1. The highest BCUT2D eigenvalue weighted by Gasteiger charge is 2.54. The second kappa shape index (κ2) is 6.12. The lowest BCUT2D eigenvalue weighted by atomic mass is 9.55. The molecule has 2 aromatic carbocycles. The maximum absolute atomic E-state index is 12.5. The summed E-state index contributed by atoms with van der Waals surface area (Å²) in [5.74, 6) is 3.94. The minimum atomic E-state index is -0.0490. The second-order valence-corrected chi connectivity index (χ2v) is 8.83. The fourth-order valence-corrected chi connectivity index (χ4v) is 6.09. The summed E-state index contributed by atoms with van der Waals surface area (Å²) in [4.78, 5) is 12.5. The minimum absolute atomic E-state index is 0.0490. The molecular weight excluding hydrogens is 334 g/mol. The zero-order chi connectivity index (χ0) is 18.6. The van der Waals surface area contributed by atoms with Crippen LogP contribution in [0.15, 0.2) is 42.5 Å². The summed E-state index contributed by atoms with van der Waals surface area (Å²) in [6.45, 7) is 2.24. The van der Waals surface area contributed by atoms with Crippen LogP contribution in [0.25, 0.3) is 0 Å². The van der Waals surface area contributed by atoms with E-state index in [1.165, 1.54) is 17.5 Å². The van der Waals surface area contributed by atoms with Crippen LogP contribution in [0.4, 0.5) is 5.69 Å². The van der Waals surface area contributed by atoms with Gasteiger partial charge in [-0.25, -0.2) is 0 Å². The molecule has 0 amide bonds. The Balaban J connectivity index is 1.42. The first-order valence-electron chi connectivity index (χ1n) is 10.2. The van der Waals surface area contributed by atoms with Crippen LogP contribution in [-0.4, -0.2) is 5.78 Å². The zero-order valence-electron chi connectivity index (χ0n) is 15.9. The molecule has 2 fully saturated rings. The molecule has 0 heterocycles. The molecule has 0 spiro atoms. The Kier molecular flexibility index (Phi) is 3.82. The first-order valence-corrected chi connectivity index (χ1v) is 10.2. The topological polar surface area (TPSA) is 52.3 Å². The number of ether oxygens (including phenoxy) is 1. The largest absolute Gasteiger partial charge is 0.455 e. The van der Waals surface area contributed by atoms with Crippen LogP contribution in [0.3, 0.4) is 0 Å². The normalized spacial score (nSPS) is 31.7. The summed E-state index contributed by atoms with van der Waals surface area (Å²) in [7, 11) is 0. The number of carbonyl (C=O) groups is 1. The van der Waals surface area contributed by atoms with Crippen LogP contribution in [0, 0.1) is 17.3 Å². The summed E-state index contributed by atoms with van der Waals surface area (Å²) in [6.07, 6.45) is 6.36. The molecule has 3 aliphatic carbocycles. The number of rotatable bonds is 2. The molecule has 140 valence electrons. The highest BCUT2D eigenvalue weighted by atomic mass is 16.5. The summed E-state index contributed by atoms with van der Waals surface area (Å²) in [5.41, 5.74) is 9.53. The molecule has 0 bridgehead atoms. The molecule has 2 N–H and O–H groups in total. The molecule has 0 saturated heterocycles. The van der Waals surface area contributed by atoms with Gasteiger partial charge in [0.25, 0.3) is 0 Å². The van der Waals surface area contributed by atoms with Gasteiger partial charge in [-0.3, -0.25) is 4.79 Å². The number of anilines is 1. The molecule has 3 nitrogen and oxygen atoms in total. The number of Topliss-reactive ketones (excluding diaryl/α,β-unsaturated/α-hetero) is 1. The van der Waals surface area contributed by atoms with Crippen molar-refractivity contribution < 1.29 is 9.53 Å². The molecule has 2 saturated carbocycles. The number of nitrogens with two attached hydrogens (primary N) is 1. The molecule has 2 aromatic rings. The molecule has 3 aliphatic rings. The number of nitrogen functional groups attached to an aromatic ring is 1. The van der Waals surface area contributed by atoms with Crippen molar-refractivity contribution in [1.29, 1.82) is 0 Å². The summed E-state index contributed by atoms with van der Waals surface area (Å²) >= 11 is 0. The third kappa shape index (κ3) is 2.59. The van der Waals surface area contributed by atoms with E-state index < -0.39 is 0 Å². The molecule has 0 radical (unpaired) electrons. The van der Waals surface area contributed by atoms with Crippen molar-refractivity contribution in [2.24, 2.45) is 17.3 Å². The van der Waals surface area contributed by atoms with E-state index in [0.717, 1.165) is 37.9 Å². The number of ketones is 1. The number of hydrogen-bond donors (Lipinski definition) is 1. The van der Waals surface area contributed by atoms with E-state index >= 15 is 0 Å². The number of fused-ring (bicyclic) bond motifs is 5. The van der Waals surface area contributed by atoms with E-state index in [1.807, 2.05) is 24.3 Å². The van der Waals surface area contributed by atoms with Gasteiger partial charge in [-0.2, -0.15) is 0 Å². The van der Waals surface area contributed by atoms with Crippen LogP contribution >= 0.6 is 0 Å². The van der Waals surface area contributed by atoms with Gasteiger partial charge < -0.3 is 10.5 Å². The summed E-state index contributed by atoms with van der Waals surface area (Å²) < 4.78 is 6.04. The lowest BCUT2D eigenvalue weighted by Crippen LogP contribution is -2.42. The molecule has 5 rings (SSSR count). The van der Waals surface area contributed by atoms with Gasteiger partial charge in [0.2, 0.25) is 0 Å². The van der Waals surface area contributed by atoms with Crippen molar-refractivity contribution >= 4 is 11.5 Å². The Bertz CT molecular complexity index is 905. The Hall–Kier alpha value is -2.29. The van der Waals surface area contributed by atoms with E-state index in [4.69, 9.17) is 10.5 Å². The Morgan fingerprint density at radius 1 is 1.07 bits per heavy atom. The quantitative estimate of drug-likeness (QED) is 0.720. The predicted octanol–water partition coefficient (Wildman–Crippen LogP) is 5.49. The van der Waals surface area contributed by atoms with Gasteiger partial charge in [0.05, 0.1) is 5.69 Å². The van der Waals surface area contributed by atoms with Gasteiger partial charge in [-0.05, 0) is 85.3 Å². The molecule has 0 unspecified atom stereocenters. The van der Waals surface area contributed by atoms with Gasteiger partial charge >= 0.3 is 0 Å². The zero-order valence-corrected chi connectivity index (χ0v) is 15.9. The minimum Gasteiger partial charge on any atom is -0.455 e. The predicted molar refractivity (Wildman–Crippen MR) is 107 cm³/mol. The van der Waals surface area contributed by atoms with Crippen LogP contribution in [-0.2, 0) is 11.2 Å². The lowest BCUT2D eigenvalue weighted by molar-refractivity contribution is -0.129. The molecule has 4 atom stereocenters. The molecule has 27 heavy (non-hydrogen) atoms. The highest BCUT2D eigenvalue weighted by molar-refractivity contribution is 5.87. The van der Waals surface area contributed by atoms with Crippen molar-refractivity contribution in [1.82, 2.24) is 0 Å². The Labute approximate surface area is 160 Å². The number of para-hydroxylation sites is 2. The molecule has 0 aliphatic heterocycles. The number of aryl methyl sites for hydroxylation is 1. The maximum Gasteiger partial charge on any atom is 0.150 e. The van der Waals surface area contributed by atoms with E-state index in [0.29, 0.717) is 35.0 Å². The van der Waals surface area contributed by atoms with E-state index in [2.05, 4.69) is 25.1 Å². The van der Waals surface area contributed by atoms with Gasteiger partial charge in [-0.1, -0.05) is 25.1 Å².